The number of allylic oxidation sites excluding steroid dienone is 5. The summed E-state index contributed by atoms with van der Waals surface area (Å²) in [6.07, 6.45) is 6.42. The molecule has 0 radical (unpaired) electrons. The third kappa shape index (κ3) is 5.06. The van der Waals surface area contributed by atoms with Crippen LogP contribution in [0.15, 0.2) is 234 Å². The Bertz CT molecular complexity index is 3860. The van der Waals surface area contributed by atoms with E-state index in [1.54, 1.807) is 0 Å². The minimum atomic E-state index is -0.414. The molecule has 1 spiro atoms. The topological polar surface area (TPSA) is 25.6 Å². The van der Waals surface area contributed by atoms with Gasteiger partial charge >= 0.3 is 0 Å². The molecule has 1 aromatic heterocycles. The van der Waals surface area contributed by atoms with Crippen molar-refractivity contribution in [2.24, 2.45) is 0 Å². The summed E-state index contributed by atoms with van der Waals surface area (Å²) in [5.41, 5.74) is 21.6. The Hall–Kier alpha value is -8.40. The van der Waals surface area contributed by atoms with Crippen LogP contribution in [-0.4, -0.2) is 0 Å². The molecule has 0 saturated carbocycles. The molecule has 0 saturated heterocycles. The Labute approximate surface area is 388 Å². The number of rotatable bonds is 5. The van der Waals surface area contributed by atoms with Crippen LogP contribution in [0.2, 0.25) is 0 Å². The maximum absolute atomic E-state index is 7.15. The van der Waals surface area contributed by atoms with Gasteiger partial charge in [0.1, 0.15) is 22.9 Å². The van der Waals surface area contributed by atoms with Crippen molar-refractivity contribution in [1.82, 2.24) is 0 Å². The van der Waals surface area contributed by atoms with Gasteiger partial charge in [-0.3, -0.25) is 0 Å². The summed E-state index contributed by atoms with van der Waals surface area (Å²) in [5.74, 6) is 2.85. The normalized spacial score (nSPS) is 17.9. The highest BCUT2D eigenvalue weighted by atomic mass is 16.5. The van der Waals surface area contributed by atoms with Gasteiger partial charge < -0.3 is 14.1 Å². The van der Waals surface area contributed by atoms with Crippen molar-refractivity contribution in [1.29, 1.82) is 0 Å². The van der Waals surface area contributed by atoms with Gasteiger partial charge in [-0.05, 0) is 121 Å². The highest BCUT2D eigenvalue weighted by Crippen LogP contribution is 2.64. The van der Waals surface area contributed by atoms with E-state index in [1.807, 2.05) is 0 Å². The van der Waals surface area contributed by atoms with Crippen molar-refractivity contribution >= 4 is 50.0 Å². The summed E-state index contributed by atoms with van der Waals surface area (Å²) in [7, 11) is 0. The van der Waals surface area contributed by atoms with E-state index in [1.165, 1.54) is 66.4 Å². The number of anilines is 3. The van der Waals surface area contributed by atoms with E-state index in [0.29, 0.717) is 6.42 Å². The molecule has 0 fully saturated rings. The fourth-order valence-electron chi connectivity index (χ4n) is 12.5. The Kier molecular flexibility index (Phi) is 7.60. The molecule has 67 heavy (non-hydrogen) atoms. The van der Waals surface area contributed by atoms with E-state index in [4.69, 9.17) is 9.15 Å². The Balaban J connectivity index is 0.952. The molecule has 9 aromatic carbocycles. The minimum absolute atomic E-state index is 0.0389. The maximum atomic E-state index is 7.15. The molecule has 3 heteroatoms. The summed E-state index contributed by atoms with van der Waals surface area (Å²) in [4.78, 5) is 2.49. The number of ether oxygens (including phenoxy) is 1. The number of hydrogen-bond acceptors (Lipinski definition) is 3. The van der Waals surface area contributed by atoms with Gasteiger partial charge in [0.2, 0.25) is 0 Å². The van der Waals surface area contributed by atoms with E-state index in [0.717, 1.165) is 74.0 Å². The van der Waals surface area contributed by atoms with Crippen molar-refractivity contribution in [3.05, 3.63) is 274 Å². The molecule has 2 atom stereocenters. The van der Waals surface area contributed by atoms with Crippen LogP contribution in [0.3, 0.4) is 0 Å². The Morgan fingerprint density at radius 3 is 2.12 bits per heavy atom. The second-order valence-corrected chi connectivity index (χ2v) is 18.6. The van der Waals surface area contributed by atoms with Crippen molar-refractivity contribution in [3.63, 3.8) is 0 Å². The molecule has 2 heterocycles. The lowest BCUT2D eigenvalue weighted by molar-refractivity contribution is 0.415. The van der Waals surface area contributed by atoms with Crippen LogP contribution in [0.4, 0.5) is 17.1 Å². The van der Waals surface area contributed by atoms with Crippen LogP contribution in [-0.2, 0) is 11.8 Å². The van der Waals surface area contributed by atoms with Crippen LogP contribution in [0.5, 0.6) is 5.75 Å². The first-order valence-corrected chi connectivity index (χ1v) is 23.5. The number of benzene rings is 9. The Morgan fingerprint density at radius 1 is 0.522 bits per heavy atom. The fourth-order valence-corrected chi connectivity index (χ4v) is 12.5. The second kappa shape index (κ2) is 13.8. The molecule has 3 nitrogen and oxygen atoms in total. The van der Waals surface area contributed by atoms with E-state index < -0.39 is 5.41 Å². The summed E-state index contributed by atoms with van der Waals surface area (Å²) < 4.78 is 13.9. The summed E-state index contributed by atoms with van der Waals surface area (Å²) >= 11 is 0. The molecule has 314 valence electrons. The van der Waals surface area contributed by atoms with Crippen LogP contribution in [0.1, 0.15) is 57.0 Å². The summed E-state index contributed by atoms with van der Waals surface area (Å²) in [6, 6.07) is 75.8. The third-order valence-electron chi connectivity index (χ3n) is 15.3. The number of furan rings is 1. The van der Waals surface area contributed by atoms with Gasteiger partial charge in [0.25, 0.3) is 0 Å². The van der Waals surface area contributed by atoms with Gasteiger partial charge in [-0.25, -0.2) is 0 Å². The smallest absolute Gasteiger partial charge is 0.134 e. The molecule has 1 aliphatic heterocycles. The first-order valence-electron chi connectivity index (χ1n) is 23.5. The SMILES string of the molecule is C1=CC2=C(C1)c1ccccc1C21c2ccccc2-c2ccc(N(c3ccc4c(c3)C3Cc5oc6ccccc6c5C(c5ccc6ccccc6c5)=C3O4)c3ccccc3-c3ccccc3)cc21. The molecular formula is C64H41NO2. The molecular weight excluding hydrogens is 815 g/mol. The number of nitrogens with zero attached hydrogens (tertiary/aromatic N) is 1. The zero-order valence-corrected chi connectivity index (χ0v) is 36.5. The molecule has 5 aliphatic rings. The van der Waals surface area contributed by atoms with Crippen LogP contribution >= 0.6 is 0 Å². The van der Waals surface area contributed by atoms with E-state index in [2.05, 4.69) is 223 Å². The number of fused-ring (bicyclic) bond motifs is 16. The van der Waals surface area contributed by atoms with Crippen molar-refractivity contribution in [3.8, 4) is 28.0 Å². The molecule has 0 N–H and O–H groups in total. The van der Waals surface area contributed by atoms with Crippen LogP contribution < -0.4 is 9.64 Å². The second-order valence-electron chi connectivity index (χ2n) is 18.6. The van der Waals surface area contributed by atoms with E-state index >= 15 is 0 Å². The van der Waals surface area contributed by atoms with Crippen LogP contribution in [0.25, 0.3) is 55.1 Å². The first-order chi connectivity index (χ1) is 33.2. The molecule has 0 bridgehead atoms. The number of para-hydroxylation sites is 2. The maximum Gasteiger partial charge on any atom is 0.134 e. The van der Waals surface area contributed by atoms with Gasteiger partial charge in [0.05, 0.1) is 17.0 Å². The predicted octanol–water partition coefficient (Wildman–Crippen LogP) is 16.3. The van der Waals surface area contributed by atoms with Crippen molar-refractivity contribution < 1.29 is 9.15 Å². The van der Waals surface area contributed by atoms with Gasteiger partial charge in [-0.2, -0.15) is 0 Å². The predicted molar refractivity (Wildman–Crippen MR) is 272 cm³/mol. The van der Waals surface area contributed by atoms with E-state index in [-0.39, 0.29) is 5.92 Å². The van der Waals surface area contributed by atoms with E-state index in [9.17, 15) is 0 Å². The summed E-state index contributed by atoms with van der Waals surface area (Å²) in [6.45, 7) is 0. The first kappa shape index (κ1) is 36.9. The lowest BCUT2D eigenvalue weighted by atomic mass is 9.69. The quantitative estimate of drug-likeness (QED) is 0.172. The lowest BCUT2D eigenvalue weighted by Crippen LogP contribution is -2.27. The van der Waals surface area contributed by atoms with Gasteiger partial charge in [0, 0.05) is 45.4 Å². The average molecular weight is 856 g/mol. The van der Waals surface area contributed by atoms with Crippen molar-refractivity contribution in [2.75, 3.05) is 4.90 Å². The molecule has 0 amide bonds. The average Bonchev–Trinajstić information content (AvgIpc) is 4.21. The molecule has 10 aromatic rings. The molecule has 15 rings (SSSR count). The number of hydrogen-bond donors (Lipinski definition) is 0. The fraction of sp³-hybridized carbons (Fsp3) is 0.0625. The largest absolute Gasteiger partial charge is 0.460 e. The summed E-state index contributed by atoms with van der Waals surface area (Å²) in [5, 5.41) is 3.54. The molecule has 4 aliphatic carbocycles. The lowest BCUT2D eigenvalue weighted by Gasteiger charge is -2.33. The zero-order valence-electron chi connectivity index (χ0n) is 36.5. The van der Waals surface area contributed by atoms with Crippen molar-refractivity contribution in [2.45, 2.75) is 24.2 Å². The molecule has 2 unspecified atom stereocenters. The third-order valence-corrected chi connectivity index (χ3v) is 15.3. The minimum Gasteiger partial charge on any atom is -0.460 e. The van der Waals surface area contributed by atoms with Crippen LogP contribution in [0, 0.1) is 0 Å². The van der Waals surface area contributed by atoms with Gasteiger partial charge in [-0.1, -0.05) is 170 Å². The zero-order chi connectivity index (χ0) is 43.8. The standard InChI is InChI=1S/C64H41NO2/c1-2-16-40(17-3-1)45-19-8-12-27-57(45)65(44-31-33-49-47-21-7-11-25-54(47)64(56(49)37-44)53-24-10-6-20-46(53)48-23-14-26-55(48)64)43-32-34-59-51(36-43)52-38-60-62(50-22-9-13-28-58(50)66-60)61(63(52)67-59)42-30-29-39-15-4-5-18-41(39)35-42/h1-22,24-37,52H,23,38H2. The van der Waals surface area contributed by atoms with Gasteiger partial charge in [0.15, 0.2) is 0 Å². The Morgan fingerprint density at radius 2 is 1.22 bits per heavy atom. The highest BCUT2D eigenvalue weighted by molar-refractivity contribution is 6.02. The monoisotopic (exact) mass is 855 g/mol. The highest BCUT2D eigenvalue weighted by Gasteiger charge is 2.53. The van der Waals surface area contributed by atoms with Gasteiger partial charge in [-0.15, -0.1) is 0 Å².